The quantitative estimate of drug-likeness (QED) is 0.0947. The third kappa shape index (κ3) is 6.78. The van der Waals surface area contributed by atoms with E-state index in [4.69, 9.17) is 4.74 Å². The lowest BCUT2D eigenvalue weighted by Gasteiger charge is -2.15. The molecule has 4 aromatic rings. The number of carbonyl (C=O) groups excluding carboxylic acids is 3. The van der Waals surface area contributed by atoms with E-state index < -0.39 is 16.1 Å². The van der Waals surface area contributed by atoms with Crippen LogP contribution in [0.15, 0.2) is 46.9 Å². The first-order chi connectivity index (χ1) is 20.8. The van der Waals surface area contributed by atoms with Gasteiger partial charge < -0.3 is 15.4 Å². The van der Waals surface area contributed by atoms with Gasteiger partial charge in [-0.2, -0.15) is 0 Å². The third-order valence-corrected chi connectivity index (χ3v) is 9.83. The van der Waals surface area contributed by atoms with Crippen molar-refractivity contribution in [2.45, 2.75) is 56.5 Å². The molecule has 15 heteroatoms. The predicted molar refractivity (Wildman–Crippen MR) is 164 cm³/mol. The molecule has 1 aliphatic rings. The van der Waals surface area contributed by atoms with Gasteiger partial charge in [-0.1, -0.05) is 17.8 Å². The molecule has 3 heterocycles. The summed E-state index contributed by atoms with van der Waals surface area (Å²) in [4.78, 5) is 51.2. The molecule has 1 atom stereocenters. The summed E-state index contributed by atoms with van der Waals surface area (Å²) in [5, 5.41) is 27.5. The van der Waals surface area contributed by atoms with Crippen molar-refractivity contribution in [2.75, 3.05) is 11.9 Å². The number of thiophene rings is 2. The molecule has 1 unspecified atom stereocenters. The zero-order valence-corrected chi connectivity index (χ0v) is 25.8. The molecule has 224 valence electrons. The maximum absolute atomic E-state index is 13.4. The van der Waals surface area contributed by atoms with Crippen LogP contribution in [0.25, 0.3) is 5.69 Å². The number of ether oxygens (including phenoxy) is 1. The van der Waals surface area contributed by atoms with Gasteiger partial charge in [0.15, 0.2) is 11.0 Å². The minimum Gasteiger partial charge on any atom is -0.462 e. The van der Waals surface area contributed by atoms with E-state index in [-0.39, 0.29) is 30.7 Å². The van der Waals surface area contributed by atoms with Gasteiger partial charge in [0, 0.05) is 22.7 Å². The molecule has 0 aliphatic heterocycles. The summed E-state index contributed by atoms with van der Waals surface area (Å²) < 4.78 is 6.96. The largest absolute Gasteiger partial charge is 0.462 e. The topological polar surface area (TPSA) is 158 Å². The lowest BCUT2D eigenvalue weighted by Crippen LogP contribution is -2.25. The number of carbonyl (C=O) groups is 3. The van der Waals surface area contributed by atoms with E-state index in [9.17, 15) is 24.5 Å². The first-order valence-corrected chi connectivity index (χ1v) is 16.1. The summed E-state index contributed by atoms with van der Waals surface area (Å²) in [7, 11) is 0. The molecule has 0 spiro atoms. The van der Waals surface area contributed by atoms with Gasteiger partial charge >= 0.3 is 5.97 Å². The van der Waals surface area contributed by atoms with Crippen LogP contribution in [0.2, 0.25) is 0 Å². The molecule has 1 aromatic carbocycles. The molecule has 2 N–H and O–H groups in total. The number of nitrogens with zero attached hydrogens (tertiary/aromatic N) is 4. The zero-order chi connectivity index (χ0) is 30.5. The Morgan fingerprint density at radius 1 is 1.16 bits per heavy atom. The molecule has 0 saturated heterocycles. The van der Waals surface area contributed by atoms with Gasteiger partial charge in [-0.25, -0.2) is 4.79 Å². The van der Waals surface area contributed by atoms with Crippen LogP contribution in [0, 0.1) is 10.1 Å². The van der Waals surface area contributed by atoms with Crippen molar-refractivity contribution < 1.29 is 24.0 Å². The molecular weight excluding hydrogens is 613 g/mol. The number of aryl methyl sites for hydroxylation is 1. The van der Waals surface area contributed by atoms with Gasteiger partial charge in [-0.05, 0) is 68.7 Å². The van der Waals surface area contributed by atoms with Crippen LogP contribution in [0.4, 0.5) is 10.7 Å². The highest BCUT2D eigenvalue weighted by Gasteiger charge is 2.29. The van der Waals surface area contributed by atoms with Crippen LogP contribution in [0.5, 0.6) is 0 Å². The number of non-ortho nitro benzene ring substituents is 1. The third-order valence-electron chi connectivity index (χ3n) is 6.71. The Morgan fingerprint density at radius 2 is 1.93 bits per heavy atom. The average Bonchev–Trinajstić information content (AvgIpc) is 3.75. The number of anilines is 1. The molecular formula is C28H28N6O6S3. The Kier molecular flexibility index (Phi) is 9.52. The summed E-state index contributed by atoms with van der Waals surface area (Å²) in [5.74, 6) is -0.666. The Labute approximate surface area is 259 Å². The van der Waals surface area contributed by atoms with E-state index in [0.29, 0.717) is 32.1 Å². The van der Waals surface area contributed by atoms with E-state index >= 15 is 0 Å². The Morgan fingerprint density at radius 3 is 2.63 bits per heavy atom. The molecule has 0 bridgehead atoms. The van der Waals surface area contributed by atoms with Crippen molar-refractivity contribution in [3.8, 4) is 5.69 Å². The average molecular weight is 641 g/mol. The molecule has 0 fully saturated rings. The number of thioether (sulfide) groups is 1. The molecule has 43 heavy (non-hydrogen) atoms. The number of benzene rings is 1. The highest BCUT2D eigenvalue weighted by molar-refractivity contribution is 8.00. The number of amides is 2. The van der Waals surface area contributed by atoms with E-state index in [0.717, 1.165) is 47.9 Å². The fourth-order valence-corrected chi connectivity index (χ4v) is 7.43. The van der Waals surface area contributed by atoms with Gasteiger partial charge in [-0.3, -0.25) is 24.3 Å². The number of rotatable bonds is 11. The lowest BCUT2D eigenvalue weighted by molar-refractivity contribution is -0.384. The van der Waals surface area contributed by atoms with E-state index in [2.05, 4.69) is 20.8 Å². The van der Waals surface area contributed by atoms with Crippen molar-refractivity contribution in [2.24, 2.45) is 0 Å². The monoisotopic (exact) mass is 640 g/mol. The van der Waals surface area contributed by atoms with Gasteiger partial charge in [0.1, 0.15) is 5.00 Å². The van der Waals surface area contributed by atoms with Gasteiger partial charge in [-0.15, -0.1) is 32.9 Å². The van der Waals surface area contributed by atoms with Crippen molar-refractivity contribution >= 4 is 62.9 Å². The smallest absolute Gasteiger partial charge is 0.341 e. The second-order valence-electron chi connectivity index (χ2n) is 9.55. The number of nitrogens with one attached hydrogen (secondary N) is 2. The zero-order valence-electron chi connectivity index (χ0n) is 23.3. The molecule has 2 amide bonds. The van der Waals surface area contributed by atoms with Gasteiger partial charge in [0.2, 0.25) is 5.91 Å². The molecule has 5 rings (SSSR count). The summed E-state index contributed by atoms with van der Waals surface area (Å²) in [6.45, 7) is 3.73. The number of hydrogen-bond acceptors (Lipinski definition) is 11. The van der Waals surface area contributed by atoms with E-state index in [1.165, 1.54) is 34.8 Å². The second kappa shape index (κ2) is 13.5. The summed E-state index contributed by atoms with van der Waals surface area (Å²) >= 11 is 3.86. The standard InChI is InChI=1S/C28H28N6O6S3/c1-3-40-27(37)23-19-7-4-5-8-20(19)43-26(23)30-24(35)16(2)42-28-32-31-22(15-29-25(36)21-9-6-14-41-21)33(28)17-10-12-18(13-11-17)34(38)39/h6,9-14,16H,3-5,7-8,15H2,1-2H3,(H,29,36)(H,30,35). The van der Waals surface area contributed by atoms with Crippen molar-refractivity contribution in [3.05, 3.63) is 78.6 Å². The minimum atomic E-state index is -0.663. The first-order valence-electron chi connectivity index (χ1n) is 13.6. The van der Waals surface area contributed by atoms with Crippen LogP contribution in [-0.2, 0) is 28.9 Å². The number of nitro groups is 1. The maximum Gasteiger partial charge on any atom is 0.341 e. The van der Waals surface area contributed by atoms with Crippen LogP contribution in [-0.4, -0.2) is 49.3 Å². The SMILES string of the molecule is CCOC(=O)c1c(NC(=O)C(C)Sc2nnc(CNC(=O)c3cccs3)n2-c2ccc([N+](=O)[O-])cc2)sc2c1CCCC2. The fraction of sp³-hybridized carbons (Fsp3) is 0.321. The maximum atomic E-state index is 13.4. The van der Waals surface area contributed by atoms with Gasteiger partial charge in [0.25, 0.3) is 11.6 Å². The first kappa shape index (κ1) is 30.4. The highest BCUT2D eigenvalue weighted by Crippen LogP contribution is 2.39. The van der Waals surface area contributed by atoms with Crippen molar-refractivity contribution in [3.63, 3.8) is 0 Å². The molecule has 1 aliphatic carbocycles. The Bertz CT molecular complexity index is 1650. The van der Waals surface area contributed by atoms with E-state index in [1.807, 2.05) is 0 Å². The number of hydrogen-bond donors (Lipinski definition) is 2. The van der Waals surface area contributed by atoms with Crippen molar-refractivity contribution in [1.29, 1.82) is 0 Å². The Balaban J connectivity index is 1.38. The number of fused-ring (bicyclic) bond motifs is 1. The van der Waals surface area contributed by atoms with Crippen LogP contribution in [0.3, 0.4) is 0 Å². The van der Waals surface area contributed by atoms with Crippen LogP contribution < -0.4 is 10.6 Å². The summed E-state index contributed by atoms with van der Waals surface area (Å²) in [5.41, 5.74) is 1.84. The number of nitro benzene ring substituents is 1. The second-order valence-corrected chi connectivity index (χ2v) is 12.9. The van der Waals surface area contributed by atoms with Crippen LogP contribution in [0.1, 0.15) is 63.0 Å². The highest BCUT2D eigenvalue weighted by atomic mass is 32.2. The van der Waals surface area contributed by atoms with E-state index in [1.54, 1.807) is 48.1 Å². The number of aromatic nitrogens is 3. The fourth-order valence-electron chi connectivity index (χ4n) is 4.63. The molecule has 0 radical (unpaired) electrons. The van der Waals surface area contributed by atoms with Crippen LogP contribution >= 0.6 is 34.4 Å². The van der Waals surface area contributed by atoms with Gasteiger partial charge in [0.05, 0.1) is 33.8 Å². The lowest BCUT2D eigenvalue weighted by atomic mass is 9.95. The molecule has 0 saturated carbocycles. The summed E-state index contributed by atoms with van der Waals surface area (Å²) in [6.07, 6.45) is 3.63. The Hall–Kier alpha value is -4.08. The molecule has 12 nitrogen and oxygen atoms in total. The normalized spacial score (nSPS) is 13.2. The number of esters is 1. The summed E-state index contributed by atoms with van der Waals surface area (Å²) in [6, 6.07) is 9.33. The van der Waals surface area contributed by atoms with Crippen molar-refractivity contribution in [1.82, 2.24) is 20.1 Å². The molecule has 3 aromatic heterocycles. The predicted octanol–water partition coefficient (Wildman–Crippen LogP) is 5.40. The minimum absolute atomic E-state index is 0.0332.